The second kappa shape index (κ2) is 16.9. The standard InChI is InChI=1S/C67H62N4O/c1-65(2,3)41-43-33-34-68-62(35-43)71-59-29-15-14-25-55(59)56-32-31-49(40-61(56)71)72-48-20-16-19-47(39-48)69-42-70-63-50(44-36-45(66(4,5)6)38-46(37-44)67(7,8)9)26-17-27-57(63)53-23-12-10-21-51(53)52-22-11-13-24-54(52)58-28-18-30-60(69)64(58)70/h10-40H,41-42H2,1-9H3/i41D2. The van der Waals surface area contributed by atoms with Crippen LogP contribution in [0, 0.1) is 5.41 Å². The van der Waals surface area contributed by atoms with Crippen molar-refractivity contribution in [1.29, 1.82) is 0 Å². The van der Waals surface area contributed by atoms with Crippen LogP contribution in [0.5, 0.6) is 11.5 Å². The van der Waals surface area contributed by atoms with E-state index in [2.05, 4.69) is 207 Å². The summed E-state index contributed by atoms with van der Waals surface area (Å²) in [4.78, 5) is 7.27. The summed E-state index contributed by atoms with van der Waals surface area (Å²) in [5, 5.41) is 9.35. The maximum atomic E-state index is 9.10. The van der Waals surface area contributed by atoms with Crippen LogP contribution in [0.25, 0.3) is 82.1 Å². The predicted octanol–water partition coefficient (Wildman–Crippen LogP) is 18.5. The Kier molecular flexibility index (Phi) is 10.1. The zero-order valence-corrected chi connectivity index (χ0v) is 42.8. The summed E-state index contributed by atoms with van der Waals surface area (Å²) in [7, 11) is 0. The fourth-order valence-corrected chi connectivity index (χ4v) is 10.9. The number of hydrogen-bond acceptors (Lipinski definition) is 3. The van der Waals surface area contributed by atoms with Gasteiger partial charge in [0.1, 0.15) is 24.0 Å². The summed E-state index contributed by atoms with van der Waals surface area (Å²) >= 11 is 0. The van der Waals surface area contributed by atoms with Crippen molar-refractivity contribution < 1.29 is 7.48 Å². The van der Waals surface area contributed by atoms with E-state index in [-0.39, 0.29) is 10.8 Å². The molecule has 8 aromatic carbocycles. The molecule has 72 heavy (non-hydrogen) atoms. The second-order valence-corrected chi connectivity index (χ2v) is 22.7. The Bertz CT molecular complexity index is 4110. The number of hydrogen-bond donors (Lipinski definition) is 0. The second-order valence-electron chi connectivity index (χ2n) is 22.7. The van der Waals surface area contributed by atoms with E-state index in [1.165, 1.54) is 65.6 Å². The molecular formula is C67H62N4O. The van der Waals surface area contributed by atoms with Gasteiger partial charge < -0.3 is 14.2 Å². The molecule has 12 rings (SSSR count). The lowest BCUT2D eigenvalue weighted by molar-refractivity contribution is 0.411. The number of ether oxygens (including phenoxy) is 1. The lowest BCUT2D eigenvalue weighted by Crippen LogP contribution is -2.17. The SMILES string of the molecule is [2H]C([2H])(c1ccnc(-n2c3ccccc3c3ccc(Oc4cccc(N5Cn6c7c(-c8cc(C(C)(C)C)cc(C(C)(C)C)c8)cccc7c7ccccc7c7ccccc7c7cccc5c76)c4)cc32)c1)C(C)(C)C. The largest absolute Gasteiger partial charge is 0.457 e. The Labute approximate surface area is 426 Å². The van der Waals surface area contributed by atoms with Crippen LogP contribution in [0.15, 0.2) is 188 Å². The smallest absolute Gasteiger partial charge is 0.137 e. The molecule has 0 radical (unpaired) electrons. The first-order chi connectivity index (χ1) is 35.3. The zero-order valence-electron chi connectivity index (χ0n) is 44.8. The lowest BCUT2D eigenvalue weighted by Gasteiger charge is -2.27. The average Bonchev–Trinajstić information content (AvgIpc) is 3.96. The van der Waals surface area contributed by atoms with Gasteiger partial charge in [-0.05, 0) is 115 Å². The molecule has 0 fully saturated rings. The minimum Gasteiger partial charge on any atom is -0.457 e. The van der Waals surface area contributed by atoms with Gasteiger partial charge in [0.15, 0.2) is 0 Å². The van der Waals surface area contributed by atoms with Gasteiger partial charge in [-0.15, -0.1) is 0 Å². The molecule has 5 heteroatoms. The van der Waals surface area contributed by atoms with Gasteiger partial charge in [0.2, 0.25) is 0 Å². The summed E-state index contributed by atoms with van der Waals surface area (Å²) in [6.45, 7) is 20.3. The highest BCUT2D eigenvalue weighted by Gasteiger charge is 2.27. The summed E-state index contributed by atoms with van der Waals surface area (Å²) in [6, 6.07) is 65.5. The van der Waals surface area contributed by atoms with E-state index in [1.54, 1.807) is 12.3 Å². The van der Waals surface area contributed by atoms with E-state index in [9.17, 15) is 0 Å². The van der Waals surface area contributed by atoms with Crippen molar-refractivity contribution in [3.8, 4) is 28.4 Å². The van der Waals surface area contributed by atoms with Crippen LogP contribution in [0.2, 0.25) is 0 Å². The maximum absolute atomic E-state index is 9.10. The molecule has 0 N–H and O–H groups in total. The van der Waals surface area contributed by atoms with Gasteiger partial charge in [0, 0.05) is 53.9 Å². The first kappa shape index (κ1) is 42.9. The topological polar surface area (TPSA) is 35.2 Å². The summed E-state index contributed by atoms with van der Waals surface area (Å²) in [6.07, 6.45) is 0.139. The summed E-state index contributed by atoms with van der Waals surface area (Å²) < 4.78 is 29.8. The van der Waals surface area contributed by atoms with Crippen LogP contribution < -0.4 is 9.64 Å². The maximum Gasteiger partial charge on any atom is 0.137 e. The van der Waals surface area contributed by atoms with Crippen molar-refractivity contribution >= 4 is 76.5 Å². The van der Waals surface area contributed by atoms with Gasteiger partial charge in [-0.3, -0.25) is 4.57 Å². The molecule has 0 spiro atoms. The van der Waals surface area contributed by atoms with E-state index in [1.807, 2.05) is 45.0 Å². The van der Waals surface area contributed by atoms with E-state index in [4.69, 9.17) is 12.5 Å². The number of fused-ring (bicyclic) bond motifs is 10. The van der Waals surface area contributed by atoms with Crippen molar-refractivity contribution in [3.05, 3.63) is 205 Å². The van der Waals surface area contributed by atoms with E-state index >= 15 is 0 Å². The van der Waals surface area contributed by atoms with Crippen LogP contribution in [0.4, 0.5) is 11.4 Å². The average molecular weight is 941 g/mol. The molecule has 1 aliphatic heterocycles. The third-order valence-electron chi connectivity index (χ3n) is 14.4. The molecule has 0 bridgehead atoms. The Morgan fingerprint density at radius 3 is 1.74 bits per heavy atom. The number of nitrogens with zero attached hydrogens (tertiary/aromatic N) is 4. The molecule has 0 atom stereocenters. The van der Waals surface area contributed by atoms with Gasteiger partial charge in [-0.1, -0.05) is 184 Å². The highest BCUT2D eigenvalue weighted by atomic mass is 16.5. The van der Waals surface area contributed by atoms with Gasteiger partial charge in [0.25, 0.3) is 0 Å². The molecule has 0 saturated heterocycles. The van der Waals surface area contributed by atoms with E-state index < -0.39 is 11.8 Å². The number of benzene rings is 8. The number of pyridine rings is 1. The van der Waals surface area contributed by atoms with E-state index in [0.29, 0.717) is 29.5 Å². The summed E-state index contributed by atoms with van der Waals surface area (Å²) in [5.74, 6) is 2.06. The van der Waals surface area contributed by atoms with Crippen LogP contribution in [-0.4, -0.2) is 14.1 Å². The number of rotatable bonds is 6. The van der Waals surface area contributed by atoms with Gasteiger partial charge >= 0.3 is 0 Å². The molecule has 11 aromatic rings. The quantitative estimate of drug-likeness (QED) is 0.167. The normalized spacial score (nSPS) is 13.7. The first-order valence-corrected chi connectivity index (χ1v) is 25.3. The molecule has 0 aliphatic carbocycles. The lowest BCUT2D eigenvalue weighted by atomic mass is 9.78. The van der Waals surface area contributed by atoms with Crippen LogP contribution in [0.1, 0.15) is 81.7 Å². The van der Waals surface area contributed by atoms with Crippen molar-refractivity contribution in [1.82, 2.24) is 14.1 Å². The van der Waals surface area contributed by atoms with Crippen molar-refractivity contribution in [2.75, 3.05) is 4.90 Å². The molecule has 0 unspecified atom stereocenters. The number of para-hydroxylation sites is 3. The van der Waals surface area contributed by atoms with Gasteiger partial charge in [-0.25, -0.2) is 4.98 Å². The monoisotopic (exact) mass is 941 g/mol. The van der Waals surface area contributed by atoms with Crippen molar-refractivity contribution in [2.45, 2.75) is 86.2 Å². The fourth-order valence-electron chi connectivity index (χ4n) is 10.9. The Balaban J connectivity index is 1.04. The highest BCUT2D eigenvalue weighted by Crippen LogP contribution is 2.46. The van der Waals surface area contributed by atoms with Crippen LogP contribution >= 0.6 is 0 Å². The molecule has 1 aliphatic rings. The zero-order chi connectivity index (χ0) is 51.5. The molecule has 0 amide bonds. The third-order valence-corrected chi connectivity index (χ3v) is 14.4. The first-order valence-electron chi connectivity index (χ1n) is 26.3. The molecule has 4 heterocycles. The van der Waals surface area contributed by atoms with Crippen LogP contribution in [0.3, 0.4) is 0 Å². The molecule has 3 aromatic heterocycles. The minimum atomic E-state index is -1.58. The van der Waals surface area contributed by atoms with Crippen molar-refractivity contribution in [3.63, 3.8) is 0 Å². The van der Waals surface area contributed by atoms with Gasteiger partial charge in [-0.2, -0.15) is 0 Å². The Morgan fingerprint density at radius 1 is 0.500 bits per heavy atom. The minimum absolute atomic E-state index is 0.0551. The van der Waals surface area contributed by atoms with Gasteiger partial charge in [0.05, 0.1) is 27.8 Å². The van der Waals surface area contributed by atoms with Crippen LogP contribution in [-0.2, 0) is 23.9 Å². The molecular weight excluding hydrogens is 877 g/mol. The fraction of sp³-hybridized carbons (Fsp3) is 0.209. The Hall–Kier alpha value is -7.89. The summed E-state index contributed by atoms with van der Waals surface area (Å²) in [5.41, 5.74) is 11.3. The van der Waals surface area contributed by atoms with E-state index in [0.717, 1.165) is 33.2 Å². The highest BCUT2D eigenvalue weighted by molar-refractivity contribution is 6.22. The molecule has 356 valence electrons. The number of aromatic nitrogens is 3. The molecule has 0 saturated carbocycles. The van der Waals surface area contributed by atoms with Crippen molar-refractivity contribution in [2.24, 2.45) is 5.41 Å². The third kappa shape index (κ3) is 7.92. The molecule has 5 nitrogen and oxygen atoms in total. The Morgan fingerprint density at radius 2 is 1.07 bits per heavy atom. The number of anilines is 2. The predicted molar refractivity (Wildman–Crippen MR) is 305 cm³/mol.